The first-order valence-corrected chi connectivity index (χ1v) is 9.61. The van der Waals surface area contributed by atoms with Gasteiger partial charge in [0.15, 0.2) is 0 Å². The van der Waals surface area contributed by atoms with Crippen molar-refractivity contribution in [2.75, 3.05) is 29.3 Å². The number of sulfonamides is 1. The fourth-order valence-corrected chi connectivity index (χ4v) is 4.63. The zero-order chi connectivity index (χ0) is 17.5. The fraction of sp³-hybridized carbons (Fsp3) is 0.471. The summed E-state index contributed by atoms with van der Waals surface area (Å²) < 4.78 is 29.7. The van der Waals surface area contributed by atoms with Gasteiger partial charge in [-0.2, -0.15) is 5.10 Å². The standard InChI is InChI=1S/C17H24N4O2S/c1-13(2)20-12-15(9-18-20)24(22,23)21-11-14(3)10-19(4)16-7-5-6-8-17(16)21/h5-9,12-14H,10-11H2,1-4H3. The average molecular weight is 348 g/mol. The summed E-state index contributed by atoms with van der Waals surface area (Å²) in [4.78, 5) is 2.36. The monoisotopic (exact) mass is 348 g/mol. The van der Waals surface area contributed by atoms with Gasteiger partial charge in [0, 0.05) is 32.4 Å². The Kier molecular flexibility index (Phi) is 4.29. The van der Waals surface area contributed by atoms with Gasteiger partial charge in [-0.3, -0.25) is 8.99 Å². The highest BCUT2D eigenvalue weighted by molar-refractivity contribution is 7.92. The van der Waals surface area contributed by atoms with Crippen molar-refractivity contribution < 1.29 is 8.42 Å². The van der Waals surface area contributed by atoms with Crippen molar-refractivity contribution in [2.24, 2.45) is 5.92 Å². The summed E-state index contributed by atoms with van der Waals surface area (Å²) in [6.45, 7) is 7.29. The van der Waals surface area contributed by atoms with Gasteiger partial charge in [-0.05, 0) is 31.9 Å². The van der Waals surface area contributed by atoms with Gasteiger partial charge in [0.2, 0.25) is 0 Å². The summed E-state index contributed by atoms with van der Waals surface area (Å²) in [6, 6.07) is 7.77. The zero-order valence-electron chi connectivity index (χ0n) is 14.5. The predicted octanol–water partition coefficient (Wildman–Crippen LogP) is 2.75. The van der Waals surface area contributed by atoms with Crippen LogP contribution in [0.3, 0.4) is 0 Å². The van der Waals surface area contributed by atoms with Crippen molar-refractivity contribution in [3.63, 3.8) is 0 Å². The lowest BCUT2D eigenvalue weighted by atomic mass is 10.2. The van der Waals surface area contributed by atoms with Crippen LogP contribution in [0.25, 0.3) is 0 Å². The van der Waals surface area contributed by atoms with Gasteiger partial charge >= 0.3 is 0 Å². The smallest absolute Gasteiger partial charge is 0.267 e. The fourth-order valence-electron chi connectivity index (χ4n) is 3.09. The number of fused-ring (bicyclic) bond motifs is 1. The maximum absolute atomic E-state index is 13.2. The molecule has 0 spiro atoms. The van der Waals surface area contributed by atoms with E-state index < -0.39 is 10.0 Å². The van der Waals surface area contributed by atoms with E-state index in [1.165, 1.54) is 10.5 Å². The summed E-state index contributed by atoms with van der Waals surface area (Å²) >= 11 is 0. The number of aromatic nitrogens is 2. The Balaban J connectivity index is 2.09. The molecule has 1 aromatic carbocycles. The Morgan fingerprint density at radius 3 is 2.46 bits per heavy atom. The van der Waals surface area contributed by atoms with Gasteiger partial charge in [-0.25, -0.2) is 8.42 Å². The lowest BCUT2D eigenvalue weighted by Gasteiger charge is -2.25. The Bertz CT molecular complexity index is 829. The molecule has 0 bridgehead atoms. The number of rotatable bonds is 3. The molecule has 1 aliphatic heterocycles. The molecule has 7 heteroatoms. The largest absolute Gasteiger partial charge is 0.373 e. The maximum Gasteiger partial charge on any atom is 0.267 e. The molecule has 0 fully saturated rings. The van der Waals surface area contributed by atoms with Crippen molar-refractivity contribution in [3.05, 3.63) is 36.7 Å². The molecule has 2 heterocycles. The van der Waals surface area contributed by atoms with Crippen molar-refractivity contribution in [1.82, 2.24) is 9.78 Å². The molecule has 1 aliphatic rings. The molecule has 1 aromatic heterocycles. The second kappa shape index (κ2) is 6.12. The Labute approximate surface area is 143 Å². The van der Waals surface area contributed by atoms with Crippen LogP contribution >= 0.6 is 0 Å². The van der Waals surface area contributed by atoms with Crippen molar-refractivity contribution in [1.29, 1.82) is 0 Å². The Morgan fingerprint density at radius 2 is 1.83 bits per heavy atom. The van der Waals surface area contributed by atoms with Gasteiger partial charge in [-0.15, -0.1) is 0 Å². The molecule has 0 N–H and O–H groups in total. The summed E-state index contributed by atoms with van der Waals surface area (Å²) in [6.07, 6.45) is 3.05. The van der Waals surface area contributed by atoms with Gasteiger partial charge < -0.3 is 4.90 Å². The summed E-state index contributed by atoms with van der Waals surface area (Å²) in [5.74, 6) is 0.220. The lowest BCUT2D eigenvalue weighted by Crippen LogP contribution is -2.34. The van der Waals surface area contributed by atoms with Crippen LogP contribution < -0.4 is 9.21 Å². The SMILES string of the molecule is CC1CN(C)c2ccccc2N(S(=O)(=O)c2cnn(C(C)C)c2)C1. The minimum Gasteiger partial charge on any atom is -0.373 e. The van der Waals surface area contributed by atoms with Crippen LogP contribution in [0.1, 0.15) is 26.8 Å². The molecule has 0 saturated heterocycles. The highest BCUT2D eigenvalue weighted by Crippen LogP contribution is 2.36. The topological polar surface area (TPSA) is 58.4 Å². The molecule has 0 amide bonds. The summed E-state index contributed by atoms with van der Waals surface area (Å²) in [5, 5.41) is 4.19. The minimum atomic E-state index is -3.64. The van der Waals surface area contributed by atoms with Crippen LogP contribution in [0.15, 0.2) is 41.6 Å². The van der Waals surface area contributed by atoms with Crippen LogP contribution in [0.2, 0.25) is 0 Å². The molecular weight excluding hydrogens is 324 g/mol. The minimum absolute atomic E-state index is 0.121. The molecule has 0 saturated carbocycles. The van der Waals surface area contributed by atoms with Crippen molar-refractivity contribution in [3.8, 4) is 0 Å². The van der Waals surface area contributed by atoms with E-state index in [0.29, 0.717) is 6.54 Å². The number of hydrogen-bond acceptors (Lipinski definition) is 4. The van der Waals surface area contributed by atoms with Crippen LogP contribution in [0.4, 0.5) is 11.4 Å². The normalized spacial score (nSPS) is 18.6. The predicted molar refractivity (Wildman–Crippen MR) is 96.0 cm³/mol. The molecule has 1 atom stereocenters. The lowest BCUT2D eigenvalue weighted by molar-refractivity contribution is 0.531. The van der Waals surface area contributed by atoms with Gasteiger partial charge in [0.25, 0.3) is 10.0 Å². The number of nitrogens with zero attached hydrogens (tertiary/aromatic N) is 4. The van der Waals surface area contributed by atoms with E-state index in [1.807, 2.05) is 45.2 Å². The van der Waals surface area contributed by atoms with Gasteiger partial charge in [0.05, 0.1) is 17.6 Å². The Morgan fingerprint density at radius 1 is 1.17 bits per heavy atom. The van der Waals surface area contributed by atoms with E-state index in [-0.39, 0.29) is 16.9 Å². The average Bonchev–Trinajstić information content (AvgIpc) is 2.99. The molecule has 1 unspecified atom stereocenters. The highest BCUT2D eigenvalue weighted by atomic mass is 32.2. The van der Waals surface area contributed by atoms with E-state index in [1.54, 1.807) is 10.9 Å². The molecular formula is C17H24N4O2S. The molecule has 130 valence electrons. The first-order valence-electron chi connectivity index (χ1n) is 8.17. The van der Waals surface area contributed by atoms with Crippen molar-refractivity contribution >= 4 is 21.4 Å². The molecule has 3 rings (SSSR count). The third-order valence-electron chi connectivity index (χ3n) is 4.32. The van der Waals surface area contributed by atoms with Crippen LogP contribution in [-0.4, -0.2) is 38.3 Å². The van der Waals surface area contributed by atoms with E-state index in [4.69, 9.17) is 0 Å². The van der Waals surface area contributed by atoms with E-state index in [2.05, 4.69) is 16.9 Å². The van der Waals surface area contributed by atoms with E-state index >= 15 is 0 Å². The zero-order valence-corrected chi connectivity index (χ0v) is 15.4. The van der Waals surface area contributed by atoms with E-state index in [0.717, 1.165) is 17.9 Å². The third-order valence-corrected chi connectivity index (χ3v) is 6.05. The van der Waals surface area contributed by atoms with Crippen LogP contribution in [0, 0.1) is 5.92 Å². The van der Waals surface area contributed by atoms with Crippen molar-refractivity contribution in [2.45, 2.75) is 31.7 Å². The number of hydrogen-bond donors (Lipinski definition) is 0. The summed E-state index contributed by atoms with van der Waals surface area (Å²) in [5.41, 5.74) is 1.66. The first-order chi connectivity index (χ1) is 11.3. The summed E-state index contributed by atoms with van der Waals surface area (Å²) in [7, 11) is -1.64. The number of para-hydroxylation sites is 2. The number of anilines is 2. The molecule has 6 nitrogen and oxygen atoms in total. The second-order valence-electron chi connectivity index (χ2n) is 6.76. The van der Waals surface area contributed by atoms with Crippen LogP contribution in [-0.2, 0) is 10.0 Å². The Hall–Kier alpha value is -2.02. The van der Waals surface area contributed by atoms with E-state index in [9.17, 15) is 8.42 Å². The third kappa shape index (κ3) is 2.88. The van der Waals surface area contributed by atoms with Crippen LogP contribution in [0.5, 0.6) is 0 Å². The number of benzene rings is 1. The molecule has 2 aromatic rings. The van der Waals surface area contributed by atoms with Gasteiger partial charge in [0.1, 0.15) is 4.90 Å². The molecule has 0 aliphatic carbocycles. The molecule has 24 heavy (non-hydrogen) atoms. The second-order valence-corrected chi connectivity index (χ2v) is 8.62. The quantitative estimate of drug-likeness (QED) is 0.856. The maximum atomic E-state index is 13.2. The van der Waals surface area contributed by atoms with Gasteiger partial charge in [-0.1, -0.05) is 19.1 Å². The molecule has 0 radical (unpaired) electrons. The highest BCUT2D eigenvalue weighted by Gasteiger charge is 2.32. The first kappa shape index (κ1) is 16.8.